The average molecular weight is 461 g/mol. The van der Waals surface area contributed by atoms with Crippen LogP contribution in [0, 0.1) is 17.7 Å². The number of carbonyl (C=O) groups excluding carboxylic acids is 1. The lowest BCUT2D eigenvalue weighted by molar-refractivity contribution is 0.0698. The molecule has 0 aliphatic carbocycles. The monoisotopic (exact) mass is 460 g/mol. The van der Waals surface area contributed by atoms with Crippen LogP contribution >= 0.6 is 0 Å². The Kier molecular flexibility index (Phi) is 7.63. The zero-order valence-corrected chi connectivity index (χ0v) is 19.9. The van der Waals surface area contributed by atoms with Crippen molar-refractivity contribution < 1.29 is 14.3 Å². The third kappa shape index (κ3) is 5.65. The summed E-state index contributed by atoms with van der Waals surface area (Å²) in [5, 5.41) is 10.3. The van der Waals surface area contributed by atoms with Crippen LogP contribution in [0.15, 0.2) is 78.9 Å². The zero-order valence-electron chi connectivity index (χ0n) is 19.9. The molecule has 5 heteroatoms. The lowest BCUT2D eigenvalue weighted by Gasteiger charge is -2.30. The third-order valence-electron chi connectivity index (χ3n) is 6.56. The first-order chi connectivity index (χ1) is 16.4. The van der Waals surface area contributed by atoms with Crippen molar-refractivity contribution in [2.24, 2.45) is 11.8 Å². The van der Waals surface area contributed by atoms with Gasteiger partial charge in [0.25, 0.3) is 5.91 Å². The lowest BCUT2D eigenvalue weighted by Crippen LogP contribution is -2.40. The molecule has 0 aromatic heterocycles. The standard InChI is InChI=1S/C29H33FN2O2/c1-21(2)16-32(29(34)25-13-7-8-14-27(25)30)19-24-18-31(17-23-12-6-9-15-28(23)33)20-26(24)22-10-4-3-5-11-22/h3-15,21,24,26,33H,16-20H2,1-2H3/t24-,26+/m1/s1. The number of rotatable bonds is 8. The molecule has 1 aliphatic heterocycles. The second kappa shape index (κ2) is 10.8. The Bertz CT molecular complexity index is 1100. The van der Waals surface area contributed by atoms with E-state index >= 15 is 0 Å². The SMILES string of the molecule is CC(C)CN(C[C@H]1CN(Cc2ccccc2O)C[C@H]1c1ccccc1)C(=O)c1ccccc1F. The molecule has 0 unspecified atom stereocenters. The fourth-order valence-electron chi connectivity index (χ4n) is 5.01. The minimum Gasteiger partial charge on any atom is -0.508 e. The molecule has 1 amide bonds. The van der Waals surface area contributed by atoms with Crippen molar-refractivity contribution in [3.05, 3.63) is 101 Å². The average Bonchev–Trinajstić information content (AvgIpc) is 3.22. The van der Waals surface area contributed by atoms with E-state index in [9.17, 15) is 14.3 Å². The number of carbonyl (C=O) groups is 1. The van der Waals surface area contributed by atoms with Crippen molar-refractivity contribution in [3.63, 3.8) is 0 Å². The van der Waals surface area contributed by atoms with Crippen LogP contribution in [0.3, 0.4) is 0 Å². The number of benzene rings is 3. The van der Waals surface area contributed by atoms with Crippen LogP contribution in [0.2, 0.25) is 0 Å². The summed E-state index contributed by atoms with van der Waals surface area (Å²) in [5.41, 5.74) is 2.27. The summed E-state index contributed by atoms with van der Waals surface area (Å²) in [6.07, 6.45) is 0. The van der Waals surface area contributed by atoms with Crippen LogP contribution < -0.4 is 0 Å². The number of amides is 1. The number of hydrogen-bond acceptors (Lipinski definition) is 3. The second-order valence-electron chi connectivity index (χ2n) is 9.68. The van der Waals surface area contributed by atoms with Crippen LogP contribution in [-0.4, -0.2) is 47.0 Å². The van der Waals surface area contributed by atoms with Gasteiger partial charge < -0.3 is 10.0 Å². The maximum atomic E-state index is 14.5. The molecule has 3 aromatic carbocycles. The highest BCUT2D eigenvalue weighted by Gasteiger charge is 2.36. The van der Waals surface area contributed by atoms with Crippen LogP contribution in [-0.2, 0) is 6.54 Å². The summed E-state index contributed by atoms with van der Waals surface area (Å²) in [4.78, 5) is 17.6. The van der Waals surface area contributed by atoms with Crippen molar-refractivity contribution in [2.75, 3.05) is 26.2 Å². The van der Waals surface area contributed by atoms with Crippen molar-refractivity contribution in [3.8, 4) is 5.75 Å². The molecular formula is C29H33FN2O2. The Balaban J connectivity index is 1.59. The molecule has 0 spiro atoms. The molecule has 0 radical (unpaired) electrons. The quantitative estimate of drug-likeness (QED) is 0.480. The van der Waals surface area contributed by atoms with E-state index in [1.807, 2.05) is 29.2 Å². The second-order valence-corrected chi connectivity index (χ2v) is 9.68. The lowest BCUT2D eigenvalue weighted by atomic mass is 9.88. The van der Waals surface area contributed by atoms with Crippen molar-refractivity contribution in [2.45, 2.75) is 26.3 Å². The molecule has 1 saturated heterocycles. The molecule has 1 aliphatic rings. The Hall–Kier alpha value is -3.18. The van der Waals surface area contributed by atoms with Gasteiger partial charge in [0, 0.05) is 44.2 Å². The normalized spacial score (nSPS) is 18.4. The Morgan fingerprint density at radius 1 is 1.00 bits per heavy atom. The largest absolute Gasteiger partial charge is 0.508 e. The molecule has 178 valence electrons. The highest BCUT2D eigenvalue weighted by Crippen LogP contribution is 2.35. The Morgan fingerprint density at radius 3 is 2.38 bits per heavy atom. The first kappa shape index (κ1) is 24.0. The van der Waals surface area contributed by atoms with Gasteiger partial charge in [-0.15, -0.1) is 0 Å². The molecule has 1 heterocycles. The molecule has 1 fully saturated rings. The minimum atomic E-state index is -0.478. The number of para-hydroxylation sites is 1. The van der Waals surface area contributed by atoms with Gasteiger partial charge >= 0.3 is 0 Å². The van der Waals surface area contributed by atoms with Crippen LogP contribution in [0.1, 0.15) is 41.3 Å². The van der Waals surface area contributed by atoms with Gasteiger partial charge in [0.2, 0.25) is 0 Å². The molecule has 4 nitrogen and oxygen atoms in total. The minimum absolute atomic E-state index is 0.128. The maximum Gasteiger partial charge on any atom is 0.256 e. The summed E-state index contributed by atoms with van der Waals surface area (Å²) in [7, 11) is 0. The predicted molar refractivity (Wildman–Crippen MR) is 133 cm³/mol. The zero-order chi connectivity index (χ0) is 24.1. The van der Waals surface area contributed by atoms with Gasteiger partial charge in [-0.25, -0.2) is 4.39 Å². The highest BCUT2D eigenvalue weighted by atomic mass is 19.1. The predicted octanol–water partition coefficient (Wildman–Crippen LogP) is 5.55. The number of phenolic OH excluding ortho intramolecular Hbond substituents is 1. The highest BCUT2D eigenvalue weighted by molar-refractivity contribution is 5.94. The Morgan fingerprint density at radius 2 is 1.68 bits per heavy atom. The van der Waals surface area contributed by atoms with Gasteiger partial charge in [0.05, 0.1) is 5.56 Å². The number of likely N-dealkylation sites (tertiary alicyclic amines) is 1. The van der Waals surface area contributed by atoms with E-state index in [1.54, 1.807) is 24.3 Å². The maximum absolute atomic E-state index is 14.5. The third-order valence-corrected chi connectivity index (χ3v) is 6.56. The molecule has 4 rings (SSSR count). The van der Waals surface area contributed by atoms with E-state index in [-0.39, 0.29) is 29.2 Å². The topological polar surface area (TPSA) is 43.8 Å². The molecule has 1 N–H and O–H groups in total. The first-order valence-corrected chi connectivity index (χ1v) is 12.0. The van der Waals surface area contributed by atoms with Gasteiger partial charge in [-0.1, -0.05) is 74.5 Å². The number of halogens is 1. The number of hydrogen-bond donors (Lipinski definition) is 1. The fraction of sp³-hybridized carbons (Fsp3) is 0.345. The van der Waals surface area contributed by atoms with Gasteiger partial charge in [-0.2, -0.15) is 0 Å². The Labute approximate surface area is 201 Å². The molecular weight excluding hydrogens is 427 g/mol. The van der Waals surface area contributed by atoms with Crippen LogP contribution in [0.4, 0.5) is 4.39 Å². The number of phenols is 1. The smallest absolute Gasteiger partial charge is 0.256 e. The summed E-state index contributed by atoms with van der Waals surface area (Å²) >= 11 is 0. The summed E-state index contributed by atoms with van der Waals surface area (Å²) < 4.78 is 14.5. The van der Waals surface area contributed by atoms with Gasteiger partial charge in [-0.3, -0.25) is 9.69 Å². The molecule has 2 atom stereocenters. The van der Waals surface area contributed by atoms with Crippen LogP contribution in [0.25, 0.3) is 0 Å². The summed E-state index contributed by atoms with van der Waals surface area (Å²) in [5.74, 6) is 0.284. The van der Waals surface area contributed by atoms with Gasteiger partial charge in [0.15, 0.2) is 0 Å². The fourth-order valence-corrected chi connectivity index (χ4v) is 5.01. The van der Waals surface area contributed by atoms with Gasteiger partial charge in [-0.05, 0) is 35.6 Å². The van der Waals surface area contributed by atoms with E-state index in [2.05, 4.69) is 43.0 Å². The first-order valence-electron chi connectivity index (χ1n) is 12.0. The van der Waals surface area contributed by atoms with E-state index in [1.165, 1.54) is 11.6 Å². The van der Waals surface area contributed by atoms with E-state index in [0.717, 1.165) is 18.7 Å². The van der Waals surface area contributed by atoms with Crippen molar-refractivity contribution in [1.82, 2.24) is 9.80 Å². The molecule has 0 saturated carbocycles. The summed E-state index contributed by atoms with van der Waals surface area (Å²) in [6, 6.07) is 24.1. The van der Waals surface area contributed by atoms with Crippen LogP contribution in [0.5, 0.6) is 5.75 Å². The van der Waals surface area contributed by atoms with E-state index in [0.29, 0.717) is 25.4 Å². The number of aromatic hydroxyl groups is 1. The van der Waals surface area contributed by atoms with Crippen molar-refractivity contribution >= 4 is 5.91 Å². The van der Waals surface area contributed by atoms with Gasteiger partial charge in [0.1, 0.15) is 11.6 Å². The summed E-state index contributed by atoms with van der Waals surface area (Å²) in [6.45, 7) is 7.58. The van der Waals surface area contributed by atoms with E-state index in [4.69, 9.17) is 0 Å². The molecule has 0 bridgehead atoms. The van der Waals surface area contributed by atoms with Crippen molar-refractivity contribution in [1.29, 1.82) is 0 Å². The van der Waals surface area contributed by atoms with E-state index < -0.39 is 5.82 Å². The molecule has 34 heavy (non-hydrogen) atoms. The molecule has 3 aromatic rings. The number of nitrogens with zero attached hydrogens (tertiary/aromatic N) is 2.